The number of aliphatic hydroxyl groups is 1. The average molecular weight is 556 g/mol. The van der Waals surface area contributed by atoms with Gasteiger partial charge in [0.05, 0.1) is 26.2 Å². The number of likely N-dealkylation sites (tertiary alicyclic amines) is 1. The van der Waals surface area contributed by atoms with E-state index in [-0.39, 0.29) is 24.7 Å². The van der Waals surface area contributed by atoms with Gasteiger partial charge in [-0.15, -0.1) is 0 Å². The van der Waals surface area contributed by atoms with Crippen molar-refractivity contribution in [1.29, 1.82) is 0 Å². The van der Waals surface area contributed by atoms with Gasteiger partial charge in [0.1, 0.15) is 23.4 Å². The SMILES string of the molecule is COc1ccc(OCCC(=O)N(Cc2cccc3ccncc23)[C@H](CN2CCCC2)[C@H](O)c2ccc(O)cc2)cc1. The van der Waals surface area contributed by atoms with Crippen LogP contribution in [0.4, 0.5) is 0 Å². The average Bonchev–Trinajstić information content (AvgIpc) is 3.53. The number of aliphatic hydroxyl groups excluding tert-OH is 1. The highest BCUT2D eigenvalue weighted by atomic mass is 16.5. The molecule has 3 aromatic carbocycles. The molecule has 8 heteroatoms. The van der Waals surface area contributed by atoms with Gasteiger partial charge in [-0.1, -0.05) is 30.3 Å². The number of nitrogens with zero attached hydrogens (tertiary/aromatic N) is 3. The van der Waals surface area contributed by atoms with Crippen molar-refractivity contribution in [2.24, 2.45) is 0 Å². The van der Waals surface area contributed by atoms with Gasteiger partial charge in [-0.25, -0.2) is 0 Å². The molecule has 41 heavy (non-hydrogen) atoms. The number of rotatable bonds is 12. The molecule has 0 bridgehead atoms. The van der Waals surface area contributed by atoms with Gasteiger partial charge in [-0.3, -0.25) is 9.78 Å². The van der Waals surface area contributed by atoms with Crippen LogP contribution in [-0.4, -0.2) is 70.3 Å². The van der Waals surface area contributed by atoms with Crippen LogP contribution in [0.3, 0.4) is 0 Å². The van der Waals surface area contributed by atoms with E-state index in [0.717, 1.165) is 48.0 Å². The molecule has 2 N–H and O–H groups in total. The molecule has 5 rings (SSSR count). The Hall–Kier alpha value is -4.14. The molecule has 1 saturated heterocycles. The van der Waals surface area contributed by atoms with Gasteiger partial charge in [-0.2, -0.15) is 0 Å². The van der Waals surface area contributed by atoms with Crippen molar-refractivity contribution >= 4 is 16.7 Å². The van der Waals surface area contributed by atoms with Crippen molar-refractivity contribution in [3.8, 4) is 17.2 Å². The number of aromatic nitrogens is 1. The van der Waals surface area contributed by atoms with E-state index in [1.807, 2.05) is 54.7 Å². The lowest BCUT2D eigenvalue weighted by Crippen LogP contribution is -2.49. The third-order valence-electron chi connectivity index (χ3n) is 7.72. The number of phenols is 1. The summed E-state index contributed by atoms with van der Waals surface area (Å²) in [5, 5.41) is 23.6. The Balaban J connectivity index is 1.44. The van der Waals surface area contributed by atoms with E-state index >= 15 is 0 Å². The molecule has 2 atom stereocenters. The van der Waals surface area contributed by atoms with Gasteiger partial charge in [-0.05, 0) is 84.9 Å². The van der Waals surface area contributed by atoms with Gasteiger partial charge < -0.3 is 29.5 Å². The predicted molar refractivity (Wildman–Crippen MR) is 158 cm³/mol. The highest BCUT2D eigenvalue weighted by Crippen LogP contribution is 2.29. The highest BCUT2D eigenvalue weighted by Gasteiger charge is 2.33. The number of amides is 1. The number of fused-ring (bicyclic) bond motifs is 1. The van der Waals surface area contributed by atoms with Crippen molar-refractivity contribution < 1.29 is 24.5 Å². The second-order valence-corrected chi connectivity index (χ2v) is 10.4. The summed E-state index contributed by atoms with van der Waals surface area (Å²) in [5.74, 6) is 1.41. The largest absolute Gasteiger partial charge is 0.508 e. The smallest absolute Gasteiger partial charge is 0.226 e. The number of hydrogen-bond donors (Lipinski definition) is 2. The Morgan fingerprint density at radius 1 is 1.00 bits per heavy atom. The summed E-state index contributed by atoms with van der Waals surface area (Å²) in [6.45, 7) is 2.91. The maximum absolute atomic E-state index is 14.0. The summed E-state index contributed by atoms with van der Waals surface area (Å²) in [7, 11) is 1.61. The molecule has 0 radical (unpaired) electrons. The minimum atomic E-state index is -0.948. The topological polar surface area (TPSA) is 95.4 Å². The molecule has 0 spiro atoms. The number of aromatic hydroxyl groups is 1. The standard InChI is InChI=1S/C33H37N3O5/c1-40-28-11-13-29(14-12-28)41-20-16-32(38)36(22-26-6-4-5-24-15-17-34-21-30(24)26)31(23-35-18-2-3-19-35)33(39)25-7-9-27(37)10-8-25/h4-15,17,21,31,33,37,39H,2-3,16,18-20,22-23H2,1H3/t31-,33-/m1/s1. The zero-order valence-corrected chi connectivity index (χ0v) is 23.4. The Kier molecular flexibility index (Phi) is 9.33. The monoisotopic (exact) mass is 555 g/mol. The minimum Gasteiger partial charge on any atom is -0.508 e. The zero-order valence-electron chi connectivity index (χ0n) is 23.4. The zero-order chi connectivity index (χ0) is 28.6. The molecule has 0 unspecified atom stereocenters. The van der Waals surface area contributed by atoms with E-state index in [4.69, 9.17) is 9.47 Å². The van der Waals surface area contributed by atoms with E-state index in [2.05, 4.69) is 9.88 Å². The number of methoxy groups -OCH3 is 1. The lowest BCUT2D eigenvalue weighted by Gasteiger charge is -2.38. The first-order valence-electron chi connectivity index (χ1n) is 14.1. The molecule has 8 nitrogen and oxygen atoms in total. The lowest BCUT2D eigenvalue weighted by atomic mass is 9.98. The number of pyridine rings is 1. The van der Waals surface area contributed by atoms with Crippen molar-refractivity contribution in [2.75, 3.05) is 33.4 Å². The fourth-order valence-corrected chi connectivity index (χ4v) is 5.45. The van der Waals surface area contributed by atoms with Gasteiger partial charge in [0.25, 0.3) is 0 Å². The molecule has 1 aliphatic rings. The summed E-state index contributed by atoms with van der Waals surface area (Å²) in [6, 6.07) is 21.3. The molecular weight excluding hydrogens is 518 g/mol. The van der Waals surface area contributed by atoms with Crippen LogP contribution < -0.4 is 9.47 Å². The second-order valence-electron chi connectivity index (χ2n) is 10.4. The Bertz CT molecular complexity index is 1420. The van der Waals surface area contributed by atoms with Gasteiger partial charge in [0, 0.05) is 30.9 Å². The number of hydrogen-bond acceptors (Lipinski definition) is 7. The molecule has 1 fully saturated rings. The normalized spacial score (nSPS) is 15.0. The van der Waals surface area contributed by atoms with E-state index in [9.17, 15) is 15.0 Å². The van der Waals surface area contributed by atoms with Crippen LogP contribution in [0.25, 0.3) is 10.8 Å². The molecule has 2 heterocycles. The van der Waals surface area contributed by atoms with E-state index in [0.29, 0.717) is 24.4 Å². The summed E-state index contributed by atoms with van der Waals surface area (Å²) in [6.07, 6.45) is 4.98. The molecular formula is C33H37N3O5. The third-order valence-corrected chi connectivity index (χ3v) is 7.72. The Morgan fingerprint density at radius 3 is 2.46 bits per heavy atom. The number of benzene rings is 3. The molecule has 1 amide bonds. The van der Waals surface area contributed by atoms with Crippen molar-refractivity contribution in [2.45, 2.75) is 38.0 Å². The number of phenolic OH excluding ortho intramolecular Hbond substituents is 1. The summed E-state index contributed by atoms with van der Waals surface area (Å²) in [5.41, 5.74) is 1.61. The van der Waals surface area contributed by atoms with Crippen molar-refractivity contribution in [1.82, 2.24) is 14.8 Å². The summed E-state index contributed by atoms with van der Waals surface area (Å²) < 4.78 is 11.1. The molecule has 1 aliphatic heterocycles. The number of carbonyl (C=O) groups is 1. The Labute approximate surface area is 240 Å². The first kappa shape index (κ1) is 28.4. The number of ether oxygens (including phenoxy) is 2. The summed E-state index contributed by atoms with van der Waals surface area (Å²) >= 11 is 0. The van der Waals surface area contributed by atoms with Crippen LogP contribution in [0, 0.1) is 0 Å². The van der Waals surface area contributed by atoms with Gasteiger partial charge >= 0.3 is 0 Å². The van der Waals surface area contributed by atoms with E-state index in [1.54, 1.807) is 42.5 Å². The maximum atomic E-state index is 14.0. The highest BCUT2D eigenvalue weighted by molar-refractivity contribution is 5.85. The molecule has 1 aromatic heterocycles. The van der Waals surface area contributed by atoms with Gasteiger partial charge in [0.2, 0.25) is 5.91 Å². The van der Waals surface area contributed by atoms with Crippen molar-refractivity contribution in [3.63, 3.8) is 0 Å². The first-order valence-corrected chi connectivity index (χ1v) is 14.1. The molecule has 0 saturated carbocycles. The van der Waals surface area contributed by atoms with Crippen LogP contribution in [0.15, 0.2) is 85.2 Å². The van der Waals surface area contributed by atoms with Crippen molar-refractivity contribution in [3.05, 3.63) is 96.3 Å². The van der Waals surface area contributed by atoms with E-state index < -0.39 is 12.1 Å². The first-order chi connectivity index (χ1) is 20.0. The van der Waals surface area contributed by atoms with Gasteiger partial charge in [0.15, 0.2) is 0 Å². The fraction of sp³-hybridized carbons (Fsp3) is 0.333. The fourth-order valence-electron chi connectivity index (χ4n) is 5.45. The quantitative estimate of drug-likeness (QED) is 0.256. The van der Waals surface area contributed by atoms with Crippen LogP contribution in [0.2, 0.25) is 0 Å². The third kappa shape index (κ3) is 7.14. The van der Waals surface area contributed by atoms with Crippen LogP contribution in [0.5, 0.6) is 17.2 Å². The minimum absolute atomic E-state index is 0.110. The second kappa shape index (κ2) is 13.5. The van der Waals surface area contributed by atoms with E-state index in [1.165, 1.54) is 0 Å². The van der Waals surface area contributed by atoms with Crippen LogP contribution >= 0.6 is 0 Å². The molecule has 0 aliphatic carbocycles. The maximum Gasteiger partial charge on any atom is 0.226 e. The predicted octanol–water partition coefficient (Wildman–Crippen LogP) is 4.94. The Morgan fingerprint density at radius 2 is 1.73 bits per heavy atom. The van der Waals surface area contributed by atoms with Crippen LogP contribution in [-0.2, 0) is 11.3 Å². The molecule has 4 aromatic rings. The molecule has 214 valence electrons. The summed E-state index contributed by atoms with van der Waals surface area (Å²) in [4.78, 5) is 22.5. The van der Waals surface area contributed by atoms with Crippen LogP contribution in [0.1, 0.15) is 36.5 Å². The lowest BCUT2D eigenvalue weighted by molar-refractivity contribution is -0.138. The number of carbonyl (C=O) groups excluding carboxylic acids is 1.